The Morgan fingerprint density at radius 3 is 2.47 bits per heavy atom. The van der Waals surface area contributed by atoms with Gasteiger partial charge in [-0.15, -0.1) is 4.68 Å². The average molecular weight is 220 g/mol. The molecule has 3 N–H and O–H groups in total. The van der Waals surface area contributed by atoms with Crippen LogP contribution in [0.2, 0.25) is 0 Å². The number of hydrogen-bond acceptors (Lipinski definition) is 1. The highest BCUT2D eigenvalue weighted by molar-refractivity contribution is 5.93. The number of fused-ring (bicyclic) bond motifs is 2. The molecule has 15 heavy (non-hydrogen) atoms. The summed E-state index contributed by atoms with van der Waals surface area (Å²) in [5, 5.41) is 2.43. The Bertz CT molecular complexity index is 615. The van der Waals surface area contributed by atoms with Gasteiger partial charge in [-0.3, -0.25) is 5.84 Å². The molecule has 4 heteroatoms. The van der Waals surface area contributed by atoms with Crippen molar-refractivity contribution in [2.24, 2.45) is 0 Å². The predicted octanol–water partition coefficient (Wildman–Crippen LogP) is -1.67. The van der Waals surface area contributed by atoms with Crippen molar-refractivity contribution in [1.82, 2.24) is 4.98 Å². The maximum atomic E-state index is 5.75. The van der Waals surface area contributed by atoms with Gasteiger partial charge in [0.1, 0.15) is 0 Å². The van der Waals surface area contributed by atoms with Crippen molar-refractivity contribution in [3.8, 4) is 0 Å². The van der Waals surface area contributed by atoms with Crippen molar-refractivity contribution in [3.63, 3.8) is 0 Å². The van der Waals surface area contributed by atoms with E-state index in [1.807, 2.05) is 12.1 Å². The van der Waals surface area contributed by atoms with Crippen molar-refractivity contribution in [1.29, 1.82) is 0 Å². The van der Waals surface area contributed by atoms with Crippen LogP contribution in [0.15, 0.2) is 42.7 Å². The lowest BCUT2D eigenvalue weighted by atomic mass is 10.1. The second kappa shape index (κ2) is 3.44. The van der Waals surface area contributed by atoms with Crippen molar-refractivity contribution in [2.45, 2.75) is 0 Å². The van der Waals surface area contributed by atoms with E-state index in [1.54, 1.807) is 11.0 Å². The number of aromatic nitrogens is 2. The van der Waals surface area contributed by atoms with Crippen molar-refractivity contribution >= 4 is 21.8 Å². The first-order valence-corrected chi connectivity index (χ1v) is 4.51. The van der Waals surface area contributed by atoms with Crippen molar-refractivity contribution < 1.29 is 17.1 Å². The van der Waals surface area contributed by atoms with Gasteiger partial charge < -0.3 is 12.4 Å². The molecular formula is C11H10ClN3. The van der Waals surface area contributed by atoms with Crippen LogP contribution in [0.3, 0.4) is 0 Å². The number of nitrogen functional groups attached to an aromatic ring is 1. The summed E-state index contributed by atoms with van der Waals surface area (Å²) in [6, 6.07) is 12.4. The number of nitrogens with zero attached hydrogens (tertiary/aromatic N) is 1. The minimum absolute atomic E-state index is 0. The number of rotatable bonds is 0. The van der Waals surface area contributed by atoms with Gasteiger partial charge in [0.05, 0.1) is 0 Å². The van der Waals surface area contributed by atoms with Crippen molar-refractivity contribution in [3.05, 3.63) is 42.7 Å². The predicted molar refractivity (Wildman–Crippen MR) is 56.2 cm³/mol. The maximum absolute atomic E-state index is 5.75. The van der Waals surface area contributed by atoms with Crippen LogP contribution < -0.4 is 22.9 Å². The van der Waals surface area contributed by atoms with E-state index in [-0.39, 0.29) is 12.4 Å². The van der Waals surface area contributed by atoms with Crippen LogP contribution in [0.5, 0.6) is 0 Å². The Morgan fingerprint density at radius 1 is 1.07 bits per heavy atom. The van der Waals surface area contributed by atoms with E-state index in [9.17, 15) is 0 Å². The summed E-state index contributed by atoms with van der Waals surface area (Å²) in [5.74, 6) is 5.75. The lowest BCUT2D eigenvalue weighted by Crippen LogP contribution is -3.00. The molecule has 0 amide bonds. The molecule has 0 saturated carbocycles. The van der Waals surface area contributed by atoms with E-state index in [2.05, 4.69) is 29.2 Å². The van der Waals surface area contributed by atoms with E-state index in [0.717, 1.165) is 11.0 Å². The minimum atomic E-state index is 0. The smallest absolute Gasteiger partial charge is 0.265 e. The summed E-state index contributed by atoms with van der Waals surface area (Å²) in [5.41, 5.74) is 2.08. The molecule has 1 heterocycles. The van der Waals surface area contributed by atoms with Gasteiger partial charge in [0, 0.05) is 0 Å². The SMILES string of the molecule is N[n+]1c[nH]c2cc3ccccc3cc21.[Cl-]. The fourth-order valence-electron chi connectivity index (χ4n) is 1.77. The van der Waals surface area contributed by atoms with Gasteiger partial charge in [-0.2, -0.15) is 0 Å². The number of H-pyrrole nitrogens is 1. The largest absolute Gasteiger partial charge is 1.00 e. The molecule has 1 aromatic heterocycles. The zero-order chi connectivity index (χ0) is 9.54. The third-order valence-corrected chi connectivity index (χ3v) is 2.50. The second-order valence-electron chi connectivity index (χ2n) is 3.40. The summed E-state index contributed by atoms with van der Waals surface area (Å²) in [7, 11) is 0. The number of halogens is 1. The molecular weight excluding hydrogens is 210 g/mol. The maximum Gasteiger partial charge on any atom is 0.265 e. The van der Waals surface area contributed by atoms with Crippen LogP contribution in [0, 0.1) is 0 Å². The quantitative estimate of drug-likeness (QED) is 0.345. The monoisotopic (exact) mass is 219 g/mol. The average Bonchev–Trinajstić information content (AvgIpc) is 2.57. The number of aromatic amines is 1. The number of benzene rings is 2. The molecule has 0 radical (unpaired) electrons. The van der Waals surface area contributed by atoms with Gasteiger partial charge >= 0.3 is 0 Å². The van der Waals surface area contributed by atoms with Crippen LogP contribution in [0.1, 0.15) is 0 Å². The fraction of sp³-hybridized carbons (Fsp3) is 0. The zero-order valence-corrected chi connectivity index (χ0v) is 8.70. The van der Waals surface area contributed by atoms with Crippen molar-refractivity contribution in [2.75, 3.05) is 5.84 Å². The van der Waals surface area contributed by atoms with Gasteiger partial charge in [0.25, 0.3) is 6.33 Å². The fourth-order valence-corrected chi connectivity index (χ4v) is 1.77. The van der Waals surface area contributed by atoms with Gasteiger partial charge in [-0.25, -0.2) is 4.98 Å². The molecule has 3 nitrogen and oxygen atoms in total. The first-order chi connectivity index (χ1) is 6.84. The molecule has 0 aliphatic heterocycles. The van der Waals surface area contributed by atoms with Crippen LogP contribution in [-0.4, -0.2) is 4.98 Å². The van der Waals surface area contributed by atoms with Crippen LogP contribution in [-0.2, 0) is 0 Å². The highest BCUT2D eigenvalue weighted by Crippen LogP contribution is 2.18. The summed E-state index contributed by atoms with van der Waals surface area (Å²) in [6.45, 7) is 0. The first-order valence-electron chi connectivity index (χ1n) is 4.51. The third kappa shape index (κ3) is 1.41. The summed E-state index contributed by atoms with van der Waals surface area (Å²) in [4.78, 5) is 3.12. The van der Waals surface area contributed by atoms with E-state index < -0.39 is 0 Å². The Balaban J connectivity index is 0.000000853. The highest BCUT2D eigenvalue weighted by atomic mass is 35.5. The molecule has 0 saturated heterocycles. The molecule has 2 aromatic carbocycles. The van der Waals surface area contributed by atoms with E-state index in [4.69, 9.17) is 5.84 Å². The summed E-state index contributed by atoms with van der Waals surface area (Å²) < 4.78 is 1.60. The molecule has 0 unspecified atom stereocenters. The normalized spacial score (nSPS) is 10.4. The van der Waals surface area contributed by atoms with Crippen LogP contribution in [0.25, 0.3) is 21.8 Å². The Hall–Kier alpha value is -1.74. The molecule has 0 aliphatic carbocycles. The second-order valence-corrected chi connectivity index (χ2v) is 3.40. The van der Waals surface area contributed by atoms with Gasteiger partial charge in [0.2, 0.25) is 0 Å². The molecule has 3 rings (SSSR count). The number of imidazole rings is 1. The molecule has 0 fully saturated rings. The van der Waals surface area contributed by atoms with E-state index >= 15 is 0 Å². The van der Waals surface area contributed by atoms with Gasteiger partial charge in [0.15, 0.2) is 11.0 Å². The Labute approximate surface area is 92.9 Å². The minimum Gasteiger partial charge on any atom is -1.00 e. The van der Waals surface area contributed by atoms with E-state index in [1.165, 1.54) is 10.8 Å². The van der Waals surface area contributed by atoms with E-state index in [0.29, 0.717) is 0 Å². The first kappa shape index (κ1) is 9.80. The standard InChI is InChI=1S/C11H9N3.ClH/c12-14-7-13-10-5-8-3-1-2-4-9(8)6-11(10)14;/h1-7H,12H2;1H. The number of hydrogen-bond donors (Lipinski definition) is 2. The third-order valence-electron chi connectivity index (χ3n) is 2.50. The lowest BCUT2D eigenvalue weighted by molar-refractivity contribution is -0.611. The number of nitrogens with two attached hydrogens (primary N) is 1. The topological polar surface area (TPSA) is 45.7 Å². The Morgan fingerprint density at radius 2 is 1.73 bits per heavy atom. The molecule has 0 spiro atoms. The summed E-state index contributed by atoms with van der Waals surface area (Å²) in [6.07, 6.45) is 1.75. The van der Waals surface area contributed by atoms with Gasteiger partial charge in [-0.05, 0) is 22.9 Å². The number of nitrogens with one attached hydrogen (secondary N) is 1. The molecule has 3 aromatic rings. The van der Waals surface area contributed by atoms with Crippen LogP contribution >= 0.6 is 0 Å². The molecule has 0 bridgehead atoms. The highest BCUT2D eigenvalue weighted by Gasteiger charge is 2.07. The van der Waals surface area contributed by atoms with Gasteiger partial charge in [-0.1, -0.05) is 24.3 Å². The zero-order valence-electron chi connectivity index (χ0n) is 7.94. The molecule has 0 atom stereocenters. The van der Waals surface area contributed by atoms with Crippen LogP contribution in [0.4, 0.5) is 0 Å². The molecule has 0 aliphatic rings. The molecule has 76 valence electrons. The lowest BCUT2D eigenvalue weighted by Gasteiger charge is -1.94. The Kier molecular flexibility index (Phi) is 2.25. The summed E-state index contributed by atoms with van der Waals surface area (Å²) >= 11 is 0.